The molecule has 0 saturated heterocycles. The molecule has 0 aromatic heterocycles. The maximum Gasteiger partial charge on any atom is 0.336 e. The molecule has 0 saturated carbocycles. The summed E-state index contributed by atoms with van der Waals surface area (Å²) < 4.78 is 5.28. The molecule has 0 atom stereocenters. The van der Waals surface area contributed by atoms with Crippen molar-refractivity contribution in [1.29, 1.82) is 0 Å². The summed E-state index contributed by atoms with van der Waals surface area (Å²) in [5, 5.41) is -0.0684. The number of ether oxygens (including phenoxy) is 1. The zero-order chi connectivity index (χ0) is 20.5. The Bertz CT molecular complexity index is 1020. The van der Waals surface area contributed by atoms with E-state index in [0.29, 0.717) is 5.75 Å². The fourth-order valence-electron chi connectivity index (χ4n) is 2.45. The van der Waals surface area contributed by atoms with Crippen molar-refractivity contribution in [2.24, 2.45) is 0 Å². The highest BCUT2D eigenvalue weighted by atomic mass is 32.2. The average molecular weight is 400 g/mol. The first-order valence-corrected chi connectivity index (χ1v) is 9.92. The molecule has 0 fully saturated rings. The molecule has 0 heterocycles. The van der Waals surface area contributed by atoms with E-state index in [1.807, 2.05) is 61.5 Å². The lowest BCUT2D eigenvalue weighted by molar-refractivity contribution is -0.128. The van der Waals surface area contributed by atoms with Crippen molar-refractivity contribution in [3.8, 4) is 5.75 Å². The fraction of sp³-hybridized carbons (Fsp3) is 0.0400. The van der Waals surface area contributed by atoms with Crippen molar-refractivity contribution in [2.45, 2.75) is 11.8 Å². The van der Waals surface area contributed by atoms with Crippen LogP contribution >= 0.6 is 11.8 Å². The van der Waals surface area contributed by atoms with E-state index in [2.05, 4.69) is 0 Å². The van der Waals surface area contributed by atoms with Crippen molar-refractivity contribution in [3.63, 3.8) is 0 Å². The smallest absolute Gasteiger partial charge is 0.336 e. The number of hydrogen-bond donors (Lipinski definition) is 0. The SMILES string of the molecule is Cc1ccc(/C=C/C(=O)Sc2ccc(OC(=O)/C=C/c3ccccc3)cc2)cc1. The zero-order valence-corrected chi connectivity index (χ0v) is 16.8. The number of rotatable bonds is 6. The minimum absolute atomic E-state index is 0.0684. The van der Waals surface area contributed by atoms with Crippen LogP contribution in [0.4, 0.5) is 0 Å². The third kappa shape index (κ3) is 6.94. The van der Waals surface area contributed by atoms with Crippen LogP contribution < -0.4 is 4.74 Å². The van der Waals surface area contributed by atoms with Crippen LogP contribution in [0.1, 0.15) is 16.7 Å². The van der Waals surface area contributed by atoms with E-state index < -0.39 is 5.97 Å². The molecule has 3 aromatic carbocycles. The largest absolute Gasteiger partial charge is 0.423 e. The number of carbonyl (C=O) groups excluding carboxylic acids is 2. The topological polar surface area (TPSA) is 43.4 Å². The minimum atomic E-state index is -0.452. The number of hydrogen-bond acceptors (Lipinski definition) is 4. The number of thioether (sulfide) groups is 1. The van der Waals surface area contributed by atoms with E-state index in [1.54, 1.807) is 42.5 Å². The molecule has 0 amide bonds. The van der Waals surface area contributed by atoms with E-state index in [0.717, 1.165) is 27.8 Å². The molecular weight excluding hydrogens is 380 g/mol. The Hall–Kier alpha value is -3.37. The van der Waals surface area contributed by atoms with Gasteiger partial charge in [0.2, 0.25) is 5.12 Å². The van der Waals surface area contributed by atoms with E-state index in [4.69, 9.17) is 4.74 Å². The van der Waals surface area contributed by atoms with Crippen LogP contribution in [-0.4, -0.2) is 11.1 Å². The summed E-state index contributed by atoms with van der Waals surface area (Å²) in [4.78, 5) is 24.8. The van der Waals surface area contributed by atoms with Crippen molar-refractivity contribution in [1.82, 2.24) is 0 Å². The highest BCUT2D eigenvalue weighted by Gasteiger charge is 2.04. The molecule has 0 aliphatic rings. The zero-order valence-electron chi connectivity index (χ0n) is 15.9. The van der Waals surface area contributed by atoms with Crippen LogP contribution in [0.15, 0.2) is 95.9 Å². The molecule has 0 unspecified atom stereocenters. The predicted molar refractivity (Wildman–Crippen MR) is 119 cm³/mol. The van der Waals surface area contributed by atoms with E-state index in [-0.39, 0.29) is 5.12 Å². The lowest BCUT2D eigenvalue weighted by atomic mass is 10.1. The first-order valence-electron chi connectivity index (χ1n) is 9.10. The Morgan fingerprint density at radius 3 is 2.07 bits per heavy atom. The van der Waals surface area contributed by atoms with Gasteiger partial charge in [-0.15, -0.1) is 0 Å². The summed E-state index contributed by atoms with van der Waals surface area (Å²) in [5.74, 6) is -0.0222. The van der Waals surface area contributed by atoms with Gasteiger partial charge in [-0.1, -0.05) is 66.2 Å². The number of aryl methyl sites for hydroxylation is 1. The Balaban J connectivity index is 1.51. The van der Waals surface area contributed by atoms with Crippen LogP contribution in [0.3, 0.4) is 0 Å². The molecule has 0 spiro atoms. The van der Waals surface area contributed by atoms with E-state index in [9.17, 15) is 9.59 Å². The lowest BCUT2D eigenvalue weighted by Gasteiger charge is -2.03. The molecule has 0 bridgehead atoms. The highest BCUT2D eigenvalue weighted by Crippen LogP contribution is 2.23. The number of carbonyl (C=O) groups is 2. The van der Waals surface area contributed by atoms with Gasteiger partial charge < -0.3 is 4.74 Å². The fourth-order valence-corrected chi connectivity index (χ4v) is 3.09. The molecule has 0 aliphatic heterocycles. The molecule has 4 heteroatoms. The summed E-state index contributed by atoms with van der Waals surface area (Å²) in [7, 11) is 0. The molecule has 0 aliphatic carbocycles. The average Bonchev–Trinajstić information content (AvgIpc) is 2.74. The van der Waals surface area contributed by atoms with Gasteiger partial charge in [0.15, 0.2) is 0 Å². The minimum Gasteiger partial charge on any atom is -0.423 e. The molecule has 3 rings (SSSR count). The summed E-state index contributed by atoms with van der Waals surface area (Å²) in [6.07, 6.45) is 6.44. The predicted octanol–water partition coefficient (Wildman–Crippen LogP) is 5.95. The highest BCUT2D eigenvalue weighted by molar-refractivity contribution is 8.14. The van der Waals surface area contributed by atoms with Crippen LogP contribution in [0.2, 0.25) is 0 Å². The summed E-state index contributed by atoms with van der Waals surface area (Å²) in [5.41, 5.74) is 3.09. The second-order valence-electron chi connectivity index (χ2n) is 6.30. The van der Waals surface area contributed by atoms with Crippen molar-refractivity contribution in [2.75, 3.05) is 0 Å². The van der Waals surface area contributed by atoms with Gasteiger partial charge >= 0.3 is 5.97 Å². The monoisotopic (exact) mass is 400 g/mol. The summed E-state index contributed by atoms with van der Waals surface area (Å²) >= 11 is 1.12. The van der Waals surface area contributed by atoms with Gasteiger partial charge in [0.05, 0.1) is 0 Å². The molecule has 3 aromatic rings. The molecule has 0 N–H and O–H groups in total. The van der Waals surface area contributed by atoms with Gasteiger partial charge in [-0.05, 0) is 66.2 Å². The normalized spacial score (nSPS) is 11.1. The van der Waals surface area contributed by atoms with Gasteiger partial charge in [-0.3, -0.25) is 4.79 Å². The van der Waals surface area contributed by atoms with Crippen molar-refractivity contribution >= 4 is 35.0 Å². The van der Waals surface area contributed by atoms with Crippen molar-refractivity contribution in [3.05, 3.63) is 108 Å². The van der Waals surface area contributed by atoms with Crippen LogP contribution in [0.5, 0.6) is 5.75 Å². The third-order valence-electron chi connectivity index (χ3n) is 3.96. The van der Waals surface area contributed by atoms with Crippen LogP contribution in [-0.2, 0) is 9.59 Å². The second kappa shape index (κ2) is 10.2. The maximum atomic E-state index is 12.1. The Kier molecular flexibility index (Phi) is 7.20. The summed E-state index contributed by atoms with van der Waals surface area (Å²) in [6.45, 7) is 2.02. The van der Waals surface area contributed by atoms with Gasteiger partial charge in [0.1, 0.15) is 5.75 Å². The standard InChI is InChI=1S/C25H20O3S/c1-19-7-9-21(10-8-19)12-18-25(27)29-23-15-13-22(14-16-23)28-24(26)17-11-20-5-3-2-4-6-20/h2-18H,1H3/b17-11+,18-12+. The summed E-state index contributed by atoms with van der Waals surface area (Å²) in [6, 6.07) is 24.3. The van der Waals surface area contributed by atoms with Crippen LogP contribution in [0, 0.1) is 6.92 Å². The first kappa shape index (κ1) is 20.4. The lowest BCUT2D eigenvalue weighted by Crippen LogP contribution is -2.03. The van der Waals surface area contributed by atoms with E-state index in [1.165, 1.54) is 11.6 Å². The number of benzene rings is 3. The molecule has 0 radical (unpaired) electrons. The van der Waals surface area contributed by atoms with Gasteiger partial charge in [0.25, 0.3) is 0 Å². The second-order valence-corrected chi connectivity index (χ2v) is 7.38. The van der Waals surface area contributed by atoms with Crippen LogP contribution in [0.25, 0.3) is 12.2 Å². The Labute approximate surface area is 174 Å². The first-order chi connectivity index (χ1) is 14.1. The molecule has 3 nitrogen and oxygen atoms in total. The third-order valence-corrected chi connectivity index (χ3v) is 4.81. The Morgan fingerprint density at radius 2 is 1.38 bits per heavy atom. The van der Waals surface area contributed by atoms with Gasteiger partial charge in [0, 0.05) is 11.0 Å². The molecular formula is C25H20O3S. The maximum absolute atomic E-state index is 12.1. The Morgan fingerprint density at radius 1 is 0.759 bits per heavy atom. The quantitative estimate of drug-likeness (QED) is 0.222. The van der Waals surface area contributed by atoms with Gasteiger partial charge in [-0.2, -0.15) is 0 Å². The number of esters is 1. The van der Waals surface area contributed by atoms with Gasteiger partial charge in [-0.25, -0.2) is 4.79 Å². The molecule has 29 heavy (non-hydrogen) atoms. The molecule has 144 valence electrons. The van der Waals surface area contributed by atoms with Crippen molar-refractivity contribution < 1.29 is 14.3 Å². The van der Waals surface area contributed by atoms with E-state index >= 15 is 0 Å².